The molecule has 1 amide bonds. The van der Waals surface area contributed by atoms with E-state index in [-0.39, 0.29) is 5.91 Å². The van der Waals surface area contributed by atoms with Crippen LogP contribution in [-0.4, -0.2) is 64.1 Å². The lowest BCUT2D eigenvalue weighted by Crippen LogP contribution is -2.34. The molecule has 6 heteroatoms. The molecule has 0 spiro atoms. The Kier molecular flexibility index (Phi) is 10.9. The van der Waals surface area contributed by atoms with E-state index in [4.69, 9.17) is 0 Å². The van der Waals surface area contributed by atoms with Gasteiger partial charge in [0, 0.05) is 25.7 Å². The molecule has 0 aliphatic carbocycles. The van der Waals surface area contributed by atoms with Crippen LogP contribution in [0.1, 0.15) is 13.3 Å². The zero-order chi connectivity index (χ0) is 16.1. The van der Waals surface area contributed by atoms with Crippen LogP contribution in [0.5, 0.6) is 0 Å². The maximum Gasteiger partial charge on any atom is 0.246 e. The molecule has 0 rings (SSSR count). The summed E-state index contributed by atoms with van der Waals surface area (Å²) in [6.07, 6.45) is 4.52. The number of hydrogen-bond donors (Lipinski definition) is 3. The molecule has 0 heterocycles. The monoisotopic (exact) mass is 295 g/mol. The van der Waals surface area contributed by atoms with E-state index in [1.807, 2.05) is 20.2 Å². The highest BCUT2D eigenvalue weighted by Gasteiger charge is 2.02. The Bertz CT molecular complexity index is 374. The van der Waals surface area contributed by atoms with Gasteiger partial charge in [0.25, 0.3) is 0 Å². The van der Waals surface area contributed by atoms with Crippen molar-refractivity contribution in [3.63, 3.8) is 0 Å². The maximum atomic E-state index is 11.8. The highest BCUT2D eigenvalue weighted by atomic mass is 16.1. The van der Waals surface area contributed by atoms with Crippen LogP contribution in [0.2, 0.25) is 0 Å². The van der Waals surface area contributed by atoms with Gasteiger partial charge in [0.15, 0.2) is 5.96 Å². The van der Waals surface area contributed by atoms with Gasteiger partial charge in [0.2, 0.25) is 5.91 Å². The molecule has 21 heavy (non-hydrogen) atoms. The number of aliphatic imine (C=N–C) groups is 1. The van der Waals surface area contributed by atoms with Crippen molar-refractivity contribution in [1.29, 1.82) is 0 Å². The first kappa shape index (κ1) is 19.2. The molecule has 3 N–H and O–H groups in total. The van der Waals surface area contributed by atoms with E-state index in [2.05, 4.69) is 32.4 Å². The van der Waals surface area contributed by atoms with Crippen LogP contribution in [0.15, 0.2) is 29.3 Å². The van der Waals surface area contributed by atoms with Gasteiger partial charge in [-0.1, -0.05) is 12.2 Å². The molecule has 0 bridgehead atoms. The van der Waals surface area contributed by atoms with Gasteiger partial charge in [0.05, 0.1) is 6.54 Å². The quantitative estimate of drug-likeness (QED) is 0.189. The van der Waals surface area contributed by atoms with Gasteiger partial charge >= 0.3 is 0 Å². The van der Waals surface area contributed by atoms with E-state index in [0.29, 0.717) is 31.2 Å². The maximum absolute atomic E-state index is 11.8. The second kappa shape index (κ2) is 12.0. The summed E-state index contributed by atoms with van der Waals surface area (Å²) in [6.45, 7) is 8.19. The first-order valence-electron chi connectivity index (χ1n) is 7.18. The molecule has 0 saturated heterocycles. The van der Waals surface area contributed by atoms with Crippen molar-refractivity contribution in [2.75, 3.05) is 47.3 Å². The van der Waals surface area contributed by atoms with Crippen molar-refractivity contribution < 1.29 is 4.79 Å². The Morgan fingerprint density at radius 2 is 2.05 bits per heavy atom. The van der Waals surface area contributed by atoms with E-state index in [9.17, 15) is 4.79 Å². The second-order valence-electron chi connectivity index (χ2n) is 4.91. The standard InChI is InChI=1S/C15H29N5O/c1-6-9-18-15(16-3)19-11-8-13(2)14(21)17-10-7-12-20(4)5/h6,8H,1,7,9-12H2,2-5H3,(H,17,21)(H2,16,18,19). The van der Waals surface area contributed by atoms with E-state index in [1.54, 1.807) is 20.0 Å². The molecule has 0 atom stereocenters. The van der Waals surface area contributed by atoms with Crippen molar-refractivity contribution in [1.82, 2.24) is 20.9 Å². The molecule has 0 fully saturated rings. The van der Waals surface area contributed by atoms with Crippen molar-refractivity contribution in [2.45, 2.75) is 13.3 Å². The molecule has 6 nitrogen and oxygen atoms in total. The molecule has 120 valence electrons. The Labute approximate surface area is 128 Å². The van der Waals surface area contributed by atoms with E-state index >= 15 is 0 Å². The lowest BCUT2D eigenvalue weighted by atomic mass is 10.2. The van der Waals surface area contributed by atoms with Gasteiger partial charge in [-0.2, -0.15) is 0 Å². The Hall–Kier alpha value is -1.82. The molecule has 0 aromatic carbocycles. The predicted octanol–water partition coefficient (Wildman–Crippen LogP) is 0.352. The normalized spacial score (nSPS) is 12.2. The fourth-order valence-electron chi connectivity index (χ4n) is 1.50. The minimum Gasteiger partial charge on any atom is -0.359 e. The summed E-state index contributed by atoms with van der Waals surface area (Å²) in [7, 11) is 5.83. The number of guanidine groups is 1. The molecule has 0 radical (unpaired) electrons. The number of carbonyl (C=O) groups is 1. The van der Waals surface area contributed by atoms with Crippen LogP contribution >= 0.6 is 0 Å². The number of nitrogens with zero attached hydrogens (tertiary/aromatic N) is 2. The van der Waals surface area contributed by atoms with Crippen LogP contribution in [0.25, 0.3) is 0 Å². The summed E-state index contributed by atoms with van der Waals surface area (Å²) in [4.78, 5) is 18.2. The van der Waals surface area contributed by atoms with Crippen LogP contribution in [0.3, 0.4) is 0 Å². The predicted molar refractivity (Wildman–Crippen MR) is 89.5 cm³/mol. The first-order chi connectivity index (χ1) is 10.0. The molecule has 0 unspecified atom stereocenters. The molecule has 0 aliphatic rings. The van der Waals surface area contributed by atoms with Crippen LogP contribution in [0.4, 0.5) is 0 Å². The summed E-state index contributed by atoms with van der Waals surface area (Å²) >= 11 is 0. The Morgan fingerprint density at radius 1 is 1.33 bits per heavy atom. The fraction of sp³-hybridized carbons (Fsp3) is 0.600. The third kappa shape index (κ3) is 10.6. The number of amides is 1. The van der Waals surface area contributed by atoms with E-state index in [0.717, 1.165) is 13.0 Å². The van der Waals surface area contributed by atoms with Gasteiger partial charge in [-0.15, -0.1) is 6.58 Å². The zero-order valence-corrected chi connectivity index (χ0v) is 13.7. The summed E-state index contributed by atoms with van der Waals surface area (Å²) in [5.74, 6) is 0.652. The largest absolute Gasteiger partial charge is 0.359 e. The number of rotatable bonds is 9. The highest BCUT2D eigenvalue weighted by molar-refractivity contribution is 5.92. The van der Waals surface area contributed by atoms with Gasteiger partial charge < -0.3 is 20.9 Å². The fourth-order valence-corrected chi connectivity index (χ4v) is 1.50. The summed E-state index contributed by atoms with van der Waals surface area (Å²) in [5.41, 5.74) is 0.683. The van der Waals surface area contributed by atoms with E-state index in [1.165, 1.54) is 0 Å². The second-order valence-corrected chi connectivity index (χ2v) is 4.91. The average molecular weight is 295 g/mol. The highest BCUT2D eigenvalue weighted by Crippen LogP contribution is 1.93. The van der Waals surface area contributed by atoms with Crippen molar-refractivity contribution in [2.24, 2.45) is 4.99 Å². The minimum absolute atomic E-state index is 0.0333. The van der Waals surface area contributed by atoms with Crippen molar-refractivity contribution in [3.05, 3.63) is 24.3 Å². The van der Waals surface area contributed by atoms with E-state index < -0.39 is 0 Å². The summed E-state index contributed by atoms with van der Waals surface area (Å²) in [5, 5.41) is 8.91. The number of nitrogens with one attached hydrogen (secondary N) is 3. The average Bonchev–Trinajstić information content (AvgIpc) is 2.46. The molecule has 0 aromatic rings. The lowest BCUT2D eigenvalue weighted by molar-refractivity contribution is -0.117. The van der Waals surface area contributed by atoms with Crippen LogP contribution < -0.4 is 16.0 Å². The molecular formula is C15H29N5O. The Balaban J connectivity index is 4.11. The number of hydrogen-bond acceptors (Lipinski definition) is 3. The molecule has 0 aliphatic heterocycles. The summed E-state index contributed by atoms with van der Waals surface area (Å²) < 4.78 is 0. The Morgan fingerprint density at radius 3 is 2.62 bits per heavy atom. The topological polar surface area (TPSA) is 68.8 Å². The smallest absolute Gasteiger partial charge is 0.246 e. The van der Waals surface area contributed by atoms with Crippen LogP contribution in [0, 0.1) is 0 Å². The summed E-state index contributed by atoms with van der Waals surface area (Å²) in [6, 6.07) is 0. The number of carbonyl (C=O) groups excluding carboxylic acids is 1. The first-order valence-corrected chi connectivity index (χ1v) is 7.18. The third-order valence-electron chi connectivity index (χ3n) is 2.72. The zero-order valence-electron chi connectivity index (χ0n) is 13.7. The van der Waals surface area contributed by atoms with Gasteiger partial charge in [-0.3, -0.25) is 4.79 Å². The van der Waals surface area contributed by atoms with Crippen molar-refractivity contribution >= 4 is 11.9 Å². The minimum atomic E-state index is -0.0333. The SMILES string of the molecule is C=CCN/C(=N/CC=C(C)C(=O)NCCCN(C)C)NC. The van der Waals surface area contributed by atoms with Crippen LogP contribution in [-0.2, 0) is 4.79 Å². The van der Waals surface area contributed by atoms with Gasteiger partial charge in [0.1, 0.15) is 0 Å². The molecular weight excluding hydrogens is 266 g/mol. The third-order valence-corrected chi connectivity index (χ3v) is 2.72. The van der Waals surface area contributed by atoms with Crippen molar-refractivity contribution in [3.8, 4) is 0 Å². The van der Waals surface area contributed by atoms with Gasteiger partial charge in [-0.25, -0.2) is 4.99 Å². The lowest BCUT2D eigenvalue weighted by Gasteiger charge is -2.10. The molecule has 0 saturated carbocycles. The molecule has 0 aromatic heterocycles. The van der Waals surface area contributed by atoms with Gasteiger partial charge in [-0.05, 0) is 34.0 Å².